The summed E-state index contributed by atoms with van der Waals surface area (Å²) in [6.45, 7) is 4.08. The van der Waals surface area contributed by atoms with E-state index >= 15 is 0 Å². The van der Waals surface area contributed by atoms with Gasteiger partial charge in [0, 0.05) is 17.8 Å². The van der Waals surface area contributed by atoms with Crippen molar-refractivity contribution < 1.29 is 9.18 Å². The van der Waals surface area contributed by atoms with Gasteiger partial charge in [0.15, 0.2) is 0 Å². The van der Waals surface area contributed by atoms with E-state index in [1.165, 1.54) is 24.3 Å². The predicted molar refractivity (Wildman–Crippen MR) is 90.6 cm³/mol. The fraction of sp³-hybridized carbons (Fsp3) is 0.0588. The Labute approximate surface area is 135 Å². The van der Waals surface area contributed by atoms with Gasteiger partial charge in [-0.2, -0.15) is 0 Å². The molecule has 0 bridgehead atoms. The zero-order valence-corrected chi connectivity index (χ0v) is 12.9. The van der Waals surface area contributed by atoms with Crippen molar-refractivity contribution in [2.24, 2.45) is 0 Å². The van der Waals surface area contributed by atoms with Crippen molar-refractivity contribution in [3.05, 3.63) is 76.2 Å². The summed E-state index contributed by atoms with van der Waals surface area (Å²) in [4.78, 5) is 24.0. The average Bonchev–Trinajstić information content (AvgIpc) is 2.83. The van der Waals surface area contributed by atoms with Crippen LogP contribution in [0, 0.1) is 5.82 Å². The summed E-state index contributed by atoms with van der Waals surface area (Å²) >= 11 is 1.11. The molecular weight excluding hydrogens is 315 g/mol. The highest BCUT2D eigenvalue weighted by Crippen LogP contribution is 2.22. The highest BCUT2D eigenvalue weighted by Gasteiger charge is 2.10. The molecule has 116 valence electrons. The zero-order chi connectivity index (χ0) is 16.4. The molecule has 0 unspecified atom stereocenters. The lowest BCUT2D eigenvalue weighted by molar-refractivity contribution is 0.102. The number of fused-ring (bicyclic) bond motifs is 1. The van der Waals surface area contributed by atoms with Crippen LogP contribution in [0.4, 0.5) is 10.1 Å². The van der Waals surface area contributed by atoms with Gasteiger partial charge >= 0.3 is 4.87 Å². The SMILES string of the molecule is C=CCn1c(=O)sc2cc(NC(=O)c3cccc(F)c3)ccc21. The average molecular weight is 328 g/mol. The first-order chi connectivity index (χ1) is 11.1. The monoisotopic (exact) mass is 328 g/mol. The van der Waals surface area contributed by atoms with Crippen LogP contribution in [0.2, 0.25) is 0 Å². The minimum Gasteiger partial charge on any atom is -0.322 e. The molecule has 3 rings (SSSR count). The first-order valence-corrected chi connectivity index (χ1v) is 7.71. The van der Waals surface area contributed by atoms with Gasteiger partial charge in [0.25, 0.3) is 5.91 Å². The van der Waals surface area contributed by atoms with Crippen molar-refractivity contribution in [2.75, 3.05) is 5.32 Å². The topological polar surface area (TPSA) is 51.1 Å². The number of halogens is 1. The Bertz CT molecular complexity index is 959. The van der Waals surface area contributed by atoms with E-state index in [0.717, 1.165) is 21.6 Å². The fourth-order valence-electron chi connectivity index (χ4n) is 2.28. The Morgan fingerprint density at radius 2 is 2.13 bits per heavy atom. The molecule has 6 heteroatoms. The van der Waals surface area contributed by atoms with Gasteiger partial charge in [-0.1, -0.05) is 23.5 Å². The highest BCUT2D eigenvalue weighted by molar-refractivity contribution is 7.16. The molecule has 1 N–H and O–H groups in total. The van der Waals surface area contributed by atoms with E-state index in [1.54, 1.807) is 28.8 Å². The second kappa shape index (κ2) is 6.18. The Kier molecular flexibility index (Phi) is 4.08. The van der Waals surface area contributed by atoms with E-state index < -0.39 is 11.7 Å². The molecule has 0 fully saturated rings. The Balaban J connectivity index is 1.91. The molecule has 0 spiro atoms. The standard InChI is InChI=1S/C17H13FN2O2S/c1-2-8-20-14-7-6-13(10-15(14)23-17(20)22)19-16(21)11-4-3-5-12(18)9-11/h2-7,9-10H,1,8H2,(H,19,21). The first kappa shape index (κ1) is 15.2. The van der Waals surface area contributed by atoms with Gasteiger partial charge < -0.3 is 5.32 Å². The minimum absolute atomic E-state index is 0.0755. The number of nitrogens with zero attached hydrogens (tertiary/aromatic N) is 1. The molecule has 3 aromatic rings. The number of carbonyl (C=O) groups is 1. The van der Waals surface area contributed by atoms with Gasteiger partial charge in [-0.05, 0) is 36.4 Å². The number of benzene rings is 2. The maximum Gasteiger partial charge on any atom is 0.308 e. The van der Waals surface area contributed by atoms with Gasteiger partial charge in [0.2, 0.25) is 0 Å². The molecular formula is C17H13FN2O2S. The Hall–Kier alpha value is -2.73. The van der Waals surface area contributed by atoms with Gasteiger partial charge in [-0.25, -0.2) is 4.39 Å². The smallest absolute Gasteiger partial charge is 0.308 e. The van der Waals surface area contributed by atoms with Crippen LogP contribution in [0.5, 0.6) is 0 Å². The lowest BCUT2D eigenvalue weighted by atomic mass is 10.2. The van der Waals surface area contributed by atoms with Gasteiger partial charge in [0.1, 0.15) is 5.82 Å². The molecule has 0 saturated carbocycles. The van der Waals surface area contributed by atoms with E-state index in [-0.39, 0.29) is 10.4 Å². The first-order valence-electron chi connectivity index (χ1n) is 6.89. The Morgan fingerprint density at radius 1 is 1.30 bits per heavy atom. The van der Waals surface area contributed by atoms with E-state index in [1.807, 2.05) is 0 Å². The summed E-state index contributed by atoms with van der Waals surface area (Å²) in [6.07, 6.45) is 1.66. The number of hydrogen-bond donors (Lipinski definition) is 1. The predicted octanol–water partition coefficient (Wildman–Crippen LogP) is 3.64. The highest BCUT2D eigenvalue weighted by atomic mass is 32.1. The van der Waals surface area contributed by atoms with E-state index in [9.17, 15) is 14.0 Å². The number of aromatic nitrogens is 1. The summed E-state index contributed by atoms with van der Waals surface area (Å²) in [6, 6.07) is 10.7. The quantitative estimate of drug-likeness (QED) is 0.743. The third kappa shape index (κ3) is 3.07. The van der Waals surface area contributed by atoms with Crippen molar-refractivity contribution in [1.29, 1.82) is 0 Å². The molecule has 0 aliphatic carbocycles. The summed E-state index contributed by atoms with van der Waals surface area (Å²) in [7, 11) is 0. The normalized spacial score (nSPS) is 10.7. The molecule has 0 atom stereocenters. The lowest BCUT2D eigenvalue weighted by Gasteiger charge is -2.06. The van der Waals surface area contributed by atoms with Gasteiger partial charge in [-0.15, -0.1) is 6.58 Å². The van der Waals surface area contributed by atoms with Crippen molar-refractivity contribution >= 4 is 33.1 Å². The summed E-state index contributed by atoms with van der Waals surface area (Å²) in [5, 5.41) is 2.71. The van der Waals surface area contributed by atoms with Crippen molar-refractivity contribution in [2.45, 2.75) is 6.54 Å². The molecule has 1 aromatic heterocycles. The van der Waals surface area contributed by atoms with Crippen LogP contribution in [0.3, 0.4) is 0 Å². The zero-order valence-electron chi connectivity index (χ0n) is 12.1. The van der Waals surface area contributed by atoms with Crippen LogP contribution < -0.4 is 10.2 Å². The van der Waals surface area contributed by atoms with Crippen LogP contribution in [0.25, 0.3) is 10.2 Å². The molecule has 1 amide bonds. The van der Waals surface area contributed by atoms with Gasteiger partial charge in [-0.3, -0.25) is 14.2 Å². The maximum absolute atomic E-state index is 13.2. The largest absolute Gasteiger partial charge is 0.322 e. The third-order valence-corrected chi connectivity index (χ3v) is 4.27. The molecule has 1 heterocycles. The summed E-state index contributed by atoms with van der Waals surface area (Å²) in [5.74, 6) is -0.866. The lowest BCUT2D eigenvalue weighted by Crippen LogP contribution is -2.12. The molecule has 2 aromatic carbocycles. The fourth-order valence-corrected chi connectivity index (χ4v) is 3.22. The number of nitrogens with one attached hydrogen (secondary N) is 1. The van der Waals surface area contributed by atoms with E-state index in [2.05, 4.69) is 11.9 Å². The second-order valence-electron chi connectivity index (χ2n) is 4.91. The third-order valence-electron chi connectivity index (χ3n) is 3.32. The van der Waals surface area contributed by atoms with Crippen LogP contribution in [-0.2, 0) is 6.54 Å². The van der Waals surface area contributed by atoms with E-state index in [4.69, 9.17) is 0 Å². The van der Waals surface area contributed by atoms with Crippen molar-refractivity contribution in [1.82, 2.24) is 4.57 Å². The molecule has 0 radical (unpaired) electrons. The number of allylic oxidation sites excluding steroid dienone is 1. The van der Waals surface area contributed by atoms with Crippen LogP contribution in [0.15, 0.2) is 59.9 Å². The number of rotatable bonds is 4. The molecule has 0 aliphatic heterocycles. The summed E-state index contributed by atoms with van der Waals surface area (Å²) < 4.78 is 15.6. The number of carbonyl (C=O) groups excluding carboxylic acids is 1. The minimum atomic E-state index is -0.465. The number of hydrogen-bond acceptors (Lipinski definition) is 3. The Morgan fingerprint density at radius 3 is 2.87 bits per heavy atom. The molecule has 0 saturated heterocycles. The molecule has 0 aliphatic rings. The number of amides is 1. The number of anilines is 1. The van der Waals surface area contributed by atoms with Crippen LogP contribution in [-0.4, -0.2) is 10.5 Å². The number of thiazole rings is 1. The molecule has 23 heavy (non-hydrogen) atoms. The summed E-state index contributed by atoms with van der Waals surface area (Å²) in [5.41, 5.74) is 1.59. The van der Waals surface area contributed by atoms with E-state index in [0.29, 0.717) is 12.2 Å². The van der Waals surface area contributed by atoms with Crippen LogP contribution in [0.1, 0.15) is 10.4 Å². The molecule has 4 nitrogen and oxygen atoms in total. The van der Waals surface area contributed by atoms with Gasteiger partial charge in [0.05, 0.1) is 10.2 Å². The second-order valence-corrected chi connectivity index (χ2v) is 5.91. The maximum atomic E-state index is 13.2. The van der Waals surface area contributed by atoms with Crippen molar-refractivity contribution in [3.8, 4) is 0 Å². The van der Waals surface area contributed by atoms with Crippen molar-refractivity contribution in [3.63, 3.8) is 0 Å². The van der Waals surface area contributed by atoms with Crippen LogP contribution >= 0.6 is 11.3 Å².